The van der Waals surface area contributed by atoms with Crippen molar-refractivity contribution in [2.24, 2.45) is 5.92 Å². The molecule has 0 amide bonds. The minimum Gasteiger partial charge on any atom is -0.469 e. The van der Waals surface area contributed by atoms with E-state index >= 15 is 0 Å². The Hall–Kier alpha value is -2.46. The predicted molar refractivity (Wildman–Crippen MR) is 139 cm³/mol. The van der Waals surface area contributed by atoms with Gasteiger partial charge in [-0.05, 0) is 54.5 Å². The van der Waals surface area contributed by atoms with E-state index < -0.39 is 29.2 Å². The molecule has 9 heteroatoms. The molecule has 0 aromatic carbocycles. The lowest BCUT2D eigenvalue weighted by Gasteiger charge is -2.30. The minimum atomic E-state index is -0.887. The van der Waals surface area contributed by atoms with Gasteiger partial charge < -0.3 is 32.8 Å². The maximum atomic E-state index is 12.9. The lowest BCUT2D eigenvalue weighted by molar-refractivity contribution is -0.172. The number of allylic oxidation sites excluding steroid dienone is 2. The molecule has 1 aromatic heterocycles. The average Bonchev–Trinajstić information content (AvgIpc) is 3.45. The molecule has 2 fully saturated rings. The van der Waals surface area contributed by atoms with E-state index in [1.165, 1.54) is 7.11 Å². The number of ether oxygens (including phenoxy) is 6. The molecule has 0 saturated carbocycles. The number of carbonyl (C=O) groups is 2. The highest BCUT2D eigenvalue weighted by atomic mass is 16.8. The Morgan fingerprint density at radius 2 is 1.89 bits per heavy atom. The van der Waals surface area contributed by atoms with Crippen LogP contribution in [0.3, 0.4) is 0 Å². The SMILES string of the molecule is C=C(C)[C@H](/C=C/CC(=O)OC)Cc1oc([C@@H]2OC(C)(C)O[C@]2(C)C[C@H]2COC(C)(C)O2)cc1C(=O)OCC. The highest BCUT2D eigenvalue weighted by Gasteiger charge is 2.54. The molecule has 0 spiro atoms. The second-order valence-corrected chi connectivity index (χ2v) is 11.0. The van der Waals surface area contributed by atoms with Gasteiger partial charge in [-0.3, -0.25) is 4.79 Å². The van der Waals surface area contributed by atoms with Crippen LogP contribution in [0.15, 0.2) is 34.8 Å². The Labute approximate surface area is 225 Å². The molecule has 4 atom stereocenters. The van der Waals surface area contributed by atoms with Crippen LogP contribution in [0.2, 0.25) is 0 Å². The predicted octanol–water partition coefficient (Wildman–Crippen LogP) is 5.43. The molecule has 0 unspecified atom stereocenters. The molecule has 2 aliphatic rings. The third kappa shape index (κ3) is 7.34. The number of rotatable bonds is 11. The molecule has 0 N–H and O–H groups in total. The van der Waals surface area contributed by atoms with E-state index in [1.807, 2.05) is 47.6 Å². The van der Waals surface area contributed by atoms with Crippen LogP contribution in [0, 0.1) is 5.92 Å². The number of carbonyl (C=O) groups excluding carboxylic acids is 2. The summed E-state index contributed by atoms with van der Waals surface area (Å²) < 4.78 is 40.9. The first kappa shape index (κ1) is 30.1. The minimum absolute atomic E-state index is 0.138. The molecule has 2 aliphatic heterocycles. The van der Waals surface area contributed by atoms with Crippen molar-refractivity contribution in [2.45, 2.75) is 97.1 Å². The van der Waals surface area contributed by atoms with Crippen molar-refractivity contribution in [3.05, 3.63) is 47.5 Å². The van der Waals surface area contributed by atoms with Gasteiger partial charge in [0.25, 0.3) is 0 Å². The molecular formula is C29H42O9. The monoisotopic (exact) mass is 534 g/mol. The summed E-state index contributed by atoms with van der Waals surface area (Å²) in [7, 11) is 1.35. The van der Waals surface area contributed by atoms with Gasteiger partial charge in [0.1, 0.15) is 28.8 Å². The highest BCUT2D eigenvalue weighted by Crippen LogP contribution is 2.49. The van der Waals surface area contributed by atoms with Gasteiger partial charge in [0, 0.05) is 18.8 Å². The average molecular weight is 535 g/mol. The summed E-state index contributed by atoms with van der Waals surface area (Å²) in [5, 5.41) is 0. The number of esters is 2. The molecule has 3 heterocycles. The number of furan rings is 1. The summed E-state index contributed by atoms with van der Waals surface area (Å²) in [6, 6.07) is 1.69. The van der Waals surface area contributed by atoms with Crippen LogP contribution in [-0.4, -0.2) is 55.5 Å². The third-order valence-corrected chi connectivity index (χ3v) is 6.64. The van der Waals surface area contributed by atoms with Gasteiger partial charge in [0.05, 0.1) is 32.8 Å². The van der Waals surface area contributed by atoms with Crippen LogP contribution in [0.1, 0.15) is 89.3 Å². The summed E-state index contributed by atoms with van der Waals surface area (Å²) in [4.78, 5) is 24.5. The van der Waals surface area contributed by atoms with Crippen molar-refractivity contribution in [3.63, 3.8) is 0 Å². The zero-order chi connectivity index (χ0) is 28.3. The molecule has 2 saturated heterocycles. The second kappa shape index (κ2) is 11.7. The quantitative estimate of drug-likeness (QED) is 0.271. The molecule has 0 bridgehead atoms. The first-order chi connectivity index (χ1) is 17.7. The van der Waals surface area contributed by atoms with Gasteiger partial charge in [-0.25, -0.2) is 4.79 Å². The topological polar surface area (TPSA) is 103 Å². The Bertz CT molecular complexity index is 1050. The Morgan fingerprint density at radius 1 is 1.18 bits per heavy atom. The van der Waals surface area contributed by atoms with Crippen LogP contribution < -0.4 is 0 Å². The first-order valence-corrected chi connectivity index (χ1v) is 13.1. The summed E-state index contributed by atoms with van der Waals surface area (Å²) >= 11 is 0. The molecule has 3 rings (SSSR count). The van der Waals surface area contributed by atoms with Crippen molar-refractivity contribution >= 4 is 11.9 Å². The maximum Gasteiger partial charge on any atom is 0.341 e. The van der Waals surface area contributed by atoms with Gasteiger partial charge >= 0.3 is 11.9 Å². The van der Waals surface area contributed by atoms with E-state index in [4.69, 9.17) is 32.8 Å². The van der Waals surface area contributed by atoms with Crippen molar-refractivity contribution in [1.82, 2.24) is 0 Å². The number of hydrogen-bond acceptors (Lipinski definition) is 9. The zero-order valence-electron chi connectivity index (χ0n) is 23.9. The Morgan fingerprint density at radius 3 is 2.47 bits per heavy atom. The van der Waals surface area contributed by atoms with Gasteiger partial charge in [0.15, 0.2) is 11.6 Å². The Kier molecular flexibility index (Phi) is 9.29. The van der Waals surface area contributed by atoms with E-state index in [-0.39, 0.29) is 31.0 Å². The zero-order valence-corrected chi connectivity index (χ0v) is 23.9. The second-order valence-electron chi connectivity index (χ2n) is 11.0. The van der Waals surface area contributed by atoms with Gasteiger partial charge in [-0.1, -0.05) is 24.3 Å². The van der Waals surface area contributed by atoms with Crippen LogP contribution in [0.4, 0.5) is 0 Å². The fraction of sp³-hybridized carbons (Fsp3) is 0.655. The molecule has 0 radical (unpaired) electrons. The smallest absolute Gasteiger partial charge is 0.341 e. The first-order valence-electron chi connectivity index (χ1n) is 13.1. The summed E-state index contributed by atoms with van der Waals surface area (Å²) in [5.41, 5.74) is 0.366. The summed E-state index contributed by atoms with van der Waals surface area (Å²) in [5.74, 6) is -1.64. The molecule has 1 aromatic rings. The van der Waals surface area contributed by atoms with E-state index in [2.05, 4.69) is 6.58 Å². The fourth-order valence-corrected chi connectivity index (χ4v) is 5.00. The lowest BCUT2D eigenvalue weighted by Crippen LogP contribution is -2.37. The largest absolute Gasteiger partial charge is 0.469 e. The van der Waals surface area contributed by atoms with E-state index in [1.54, 1.807) is 19.1 Å². The normalized spacial score (nSPS) is 26.9. The van der Waals surface area contributed by atoms with E-state index in [0.717, 1.165) is 5.57 Å². The number of hydrogen-bond donors (Lipinski definition) is 0. The Balaban J connectivity index is 1.93. The van der Waals surface area contributed by atoms with Crippen LogP contribution >= 0.6 is 0 Å². The molecule has 212 valence electrons. The molecular weight excluding hydrogens is 492 g/mol. The molecule has 0 aliphatic carbocycles. The van der Waals surface area contributed by atoms with Crippen molar-refractivity contribution in [1.29, 1.82) is 0 Å². The summed E-state index contributed by atoms with van der Waals surface area (Å²) in [6.07, 6.45) is 3.79. The standard InChI is InChI=1S/C29H42O9/c1-10-33-26(31)21-15-23(35-22(21)14-19(18(2)3)12-11-13-24(30)32-9)25-29(8,38-28(6,7)37-25)16-20-17-34-27(4,5)36-20/h11-12,15,19-20,25H,2,10,13-14,16-17H2,1,3-9H3/b12-11+/t19-,20+,25+,29-/m1/s1. The van der Waals surface area contributed by atoms with Gasteiger partial charge in [0.2, 0.25) is 0 Å². The van der Waals surface area contributed by atoms with Crippen LogP contribution in [-0.2, 0) is 39.6 Å². The molecule has 38 heavy (non-hydrogen) atoms. The van der Waals surface area contributed by atoms with Crippen LogP contribution in [0.25, 0.3) is 0 Å². The number of methoxy groups -OCH3 is 1. The van der Waals surface area contributed by atoms with Crippen molar-refractivity contribution in [2.75, 3.05) is 20.3 Å². The van der Waals surface area contributed by atoms with Crippen molar-refractivity contribution in [3.8, 4) is 0 Å². The van der Waals surface area contributed by atoms with Gasteiger partial charge in [-0.15, -0.1) is 0 Å². The lowest BCUT2D eigenvalue weighted by atomic mass is 9.90. The molecule has 9 nitrogen and oxygen atoms in total. The van der Waals surface area contributed by atoms with Crippen molar-refractivity contribution < 1.29 is 42.4 Å². The maximum absolute atomic E-state index is 12.9. The van der Waals surface area contributed by atoms with Crippen LogP contribution in [0.5, 0.6) is 0 Å². The van der Waals surface area contributed by atoms with Gasteiger partial charge in [-0.2, -0.15) is 0 Å². The van der Waals surface area contributed by atoms with E-state index in [9.17, 15) is 9.59 Å². The fourth-order valence-electron chi connectivity index (χ4n) is 5.00. The highest BCUT2D eigenvalue weighted by molar-refractivity contribution is 5.90. The third-order valence-electron chi connectivity index (χ3n) is 6.64. The van der Waals surface area contributed by atoms with E-state index in [0.29, 0.717) is 36.5 Å². The summed E-state index contributed by atoms with van der Waals surface area (Å²) in [6.45, 7) is 17.8.